The van der Waals surface area contributed by atoms with Crippen molar-refractivity contribution in [3.8, 4) is 0 Å². The first-order valence-corrected chi connectivity index (χ1v) is 8.23. The van der Waals surface area contributed by atoms with Gasteiger partial charge in [-0.15, -0.1) is 0 Å². The lowest BCUT2D eigenvalue weighted by Crippen LogP contribution is -2.51. The third kappa shape index (κ3) is 3.55. The van der Waals surface area contributed by atoms with Crippen molar-refractivity contribution in [3.05, 3.63) is 33.8 Å². The molecule has 1 aliphatic rings. The number of carbonyl (C=O) groups excluding carboxylic acids is 2. The van der Waals surface area contributed by atoms with E-state index in [1.54, 1.807) is 23.1 Å². The van der Waals surface area contributed by atoms with Crippen LogP contribution in [0.3, 0.4) is 0 Å². The molecular weight excluding hydrogens is 323 g/mol. The summed E-state index contributed by atoms with van der Waals surface area (Å²) in [7, 11) is 0. The second-order valence-corrected chi connectivity index (χ2v) is 6.31. The highest BCUT2D eigenvalue weighted by Gasteiger charge is 2.27. The number of amides is 2. The Morgan fingerprint density at radius 1 is 1.14 bits per heavy atom. The minimum atomic E-state index is -0.136. The van der Waals surface area contributed by atoms with Crippen LogP contribution in [0.5, 0.6) is 0 Å². The lowest BCUT2D eigenvalue weighted by molar-refractivity contribution is -0.136. The lowest BCUT2D eigenvalue weighted by atomic mass is 10.1. The van der Waals surface area contributed by atoms with Gasteiger partial charge in [0.25, 0.3) is 5.91 Å². The summed E-state index contributed by atoms with van der Waals surface area (Å²) in [6.07, 6.45) is 0.829. The van der Waals surface area contributed by atoms with Crippen molar-refractivity contribution in [2.24, 2.45) is 5.92 Å². The molecule has 0 unspecified atom stereocenters. The topological polar surface area (TPSA) is 40.6 Å². The average molecular weight is 343 g/mol. The summed E-state index contributed by atoms with van der Waals surface area (Å²) in [4.78, 5) is 28.2. The Kier molecular flexibility index (Phi) is 5.70. The number of piperazine rings is 1. The van der Waals surface area contributed by atoms with E-state index in [0.717, 1.165) is 6.42 Å². The molecular formula is C16H20Cl2N2O2. The van der Waals surface area contributed by atoms with E-state index in [1.807, 2.05) is 18.7 Å². The minimum absolute atomic E-state index is 0.0321. The fourth-order valence-corrected chi connectivity index (χ4v) is 2.84. The molecule has 1 heterocycles. The average Bonchev–Trinajstić information content (AvgIpc) is 2.55. The molecule has 1 aromatic carbocycles. The molecule has 1 saturated heterocycles. The van der Waals surface area contributed by atoms with Crippen molar-refractivity contribution in [2.75, 3.05) is 26.2 Å². The van der Waals surface area contributed by atoms with E-state index in [0.29, 0.717) is 36.8 Å². The second-order valence-electron chi connectivity index (χ2n) is 5.53. The van der Waals surface area contributed by atoms with Crippen LogP contribution in [0.25, 0.3) is 0 Å². The zero-order valence-corrected chi connectivity index (χ0v) is 14.3. The number of carbonyl (C=O) groups is 2. The molecule has 0 aliphatic carbocycles. The third-order valence-electron chi connectivity index (χ3n) is 4.09. The molecule has 0 radical (unpaired) electrons. The van der Waals surface area contributed by atoms with E-state index in [9.17, 15) is 9.59 Å². The maximum absolute atomic E-state index is 12.5. The largest absolute Gasteiger partial charge is 0.339 e. The lowest BCUT2D eigenvalue weighted by Gasteiger charge is -2.36. The monoisotopic (exact) mass is 342 g/mol. The van der Waals surface area contributed by atoms with Gasteiger partial charge in [0.15, 0.2) is 0 Å². The van der Waals surface area contributed by atoms with Gasteiger partial charge in [0.1, 0.15) is 0 Å². The van der Waals surface area contributed by atoms with E-state index in [4.69, 9.17) is 23.2 Å². The second kappa shape index (κ2) is 7.34. The van der Waals surface area contributed by atoms with E-state index in [1.165, 1.54) is 0 Å². The first-order chi connectivity index (χ1) is 10.5. The minimum Gasteiger partial charge on any atom is -0.339 e. The number of nitrogens with zero attached hydrogens (tertiary/aromatic N) is 2. The van der Waals surface area contributed by atoms with Crippen molar-refractivity contribution in [2.45, 2.75) is 20.3 Å². The summed E-state index contributed by atoms with van der Waals surface area (Å²) in [6.45, 7) is 6.10. The highest BCUT2D eigenvalue weighted by molar-refractivity contribution is 6.43. The Balaban J connectivity index is 2.01. The van der Waals surface area contributed by atoms with E-state index in [2.05, 4.69) is 0 Å². The van der Waals surface area contributed by atoms with Crippen molar-refractivity contribution >= 4 is 35.0 Å². The van der Waals surface area contributed by atoms with E-state index in [-0.39, 0.29) is 22.8 Å². The molecule has 4 nitrogen and oxygen atoms in total. The number of hydrogen-bond acceptors (Lipinski definition) is 2. The normalized spacial score (nSPS) is 16.5. The number of rotatable bonds is 3. The molecule has 0 spiro atoms. The van der Waals surface area contributed by atoms with Gasteiger partial charge >= 0.3 is 0 Å². The van der Waals surface area contributed by atoms with Crippen molar-refractivity contribution in [1.29, 1.82) is 0 Å². The smallest absolute Gasteiger partial charge is 0.255 e. The number of hydrogen-bond donors (Lipinski definition) is 0. The highest BCUT2D eigenvalue weighted by Crippen LogP contribution is 2.26. The molecule has 1 aromatic rings. The van der Waals surface area contributed by atoms with Gasteiger partial charge in [-0.05, 0) is 18.6 Å². The van der Waals surface area contributed by atoms with Gasteiger partial charge in [0.05, 0.1) is 15.6 Å². The van der Waals surface area contributed by atoms with Crippen LogP contribution in [0.15, 0.2) is 18.2 Å². The van der Waals surface area contributed by atoms with Gasteiger partial charge in [-0.3, -0.25) is 9.59 Å². The van der Waals surface area contributed by atoms with Crippen molar-refractivity contribution < 1.29 is 9.59 Å². The zero-order valence-electron chi connectivity index (χ0n) is 12.8. The summed E-state index contributed by atoms with van der Waals surface area (Å²) in [5.74, 6) is 0.0585. The Morgan fingerprint density at radius 3 is 2.32 bits per heavy atom. The Hall–Kier alpha value is -1.26. The van der Waals surface area contributed by atoms with Crippen LogP contribution >= 0.6 is 23.2 Å². The van der Waals surface area contributed by atoms with Gasteiger partial charge in [0.2, 0.25) is 5.91 Å². The van der Waals surface area contributed by atoms with Crippen LogP contribution in [0.4, 0.5) is 0 Å². The van der Waals surface area contributed by atoms with Crippen LogP contribution in [0.2, 0.25) is 10.0 Å². The molecule has 0 bridgehead atoms. The predicted octanol–water partition coefficient (Wildman–Crippen LogP) is 3.32. The van der Waals surface area contributed by atoms with Crippen LogP contribution < -0.4 is 0 Å². The molecule has 6 heteroatoms. The zero-order chi connectivity index (χ0) is 16.3. The number of benzene rings is 1. The summed E-state index contributed by atoms with van der Waals surface area (Å²) < 4.78 is 0. The van der Waals surface area contributed by atoms with Gasteiger partial charge in [0, 0.05) is 32.1 Å². The summed E-state index contributed by atoms with van der Waals surface area (Å²) >= 11 is 12.1. The molecule has 0 saturated carbocycles. The maximum Gasteiger partial charge on any atom is 0.255 e. The van der Waals surface area contributed by atoms with Gasteiger partial charge in [-0.2, -0.15) is 0 Å². The van der Waals surface area contributed by atoms with Crippen LogP contribution in [-0.2, 0) is 4.79 Å². The van der Waals surface area contributed by atoms with Gasteiger partial charge < -0.3 is 9.80 Å². The van der Waals surface area contributed by atoms with Crippen LogP contribution in [-0.4, -0.2) is 47.8 Å². The summed E-state index contributed by atoms with van der Waals surface area (Å²) in [6, 6.07) is 5.04. The molecule has 120 valence electrons. The van der Waals surface area contributed by atoms with Crippen molar-refractivity contribution in [3.63, 3.8) is 0 Å². The summed E-state index contributed by atoms with van der Waals surface area (Å²) in [5.41, 5.74) is 0.413. The number of halogens is 2. The van der Waals surface area contributed by atoms with Crippen LogP contribution in [0, 0.1) is 5.92 Å². The summed E-state index contributed by atoms with van der Waals surface area (Å²) in [5, 5.41) is 0.658. The maximum atomic E-state index is 12.5. The SMILES string of the molecule is CC[C@@H](C)C(=O)N1CCN(C(=O)c2cccc(Cl)c2Cl)CC1. The first kappa shape index (κ1) is 17.1. The highest BCUT2D eigenvalue weighted by atomic mass is 35.5. The first-order valence-electron chi connectivity index (χ1n) is 7.47. The molecule has 1 atom stereocenters. The molecule has 2 amide bonds. The third-order valence-corrected chi connectivity index (χ3v) is 4.91. The van der Waals surface area contributed by atoms with E-state index < -0.39 is 0 Å². The van der Waals surface area contributed by atoms with Gasteiger partial charge in [-0.1, -0.05) is 43.1 Å². The van der Waals surface area contributed by atoms with Gasteiger partial charge in [-0.25, -0.2) is 0 Å². The Bertz CT molecular complexity index is 569. The molecule has 22 heavy (non-hydrogen) atoms. The molecule has 1 aliphatic heterocycles. The standard InChI is InChI=1S/C16H20Cl2N2O2/c1-3-11(2)15(21)19-7-9-20(10-8-19)16(22)12-5-4-6-13(17)14(12)18/h4-6,11H,3,7-10H2,1-2H3/t11-/m1/s1. The Labute approximate surface area is 141 Å². The van der Waals surface area contributed by atoms with E-state index >= 15 is 0 Å². The fourth-order valence-electron chi connectivity index (χ4n) is 2.46. The van der Waals surface area contributed by atoms with Crippen molar-refractivity contribution in [1.82, 2.24) is 9.80 Å². The molecule has 0 aromatic heterocycles. The molecule has 2 rings (SSSR count). The molecule has 1 fully saturated rings. The molecule has 0 N–H and O–H groups in total. The van der Waals surface area contributed by atoms with Crippen LogP contribution in [0.1, 0.15) is 30.6 Å². The predicted molar refractivity (Wildman–Crippen MR) is 88.4 cm³/mol. The quantitative estimate of drug-likeness (QED) is 0.845. The fraction of sp³-hybridized carbons (Fsp3) is 0.500. The Morgan fingerprint density at radius 2 is 1.73 bits per heavy atom.